The summed E-state index contributed by atoms with van der Waals surface area (Å²) in [5, 5.41) is 3.12. The number of amides is 1. The van der Waals surface area contributed by atoms with Gasteiger partial charge in [0.25, 0.3) is 0 Å². The van der Waals surface area contributed by atoms with Crippen LogP contribution in [0.1, 0.15) is 37.6 Å². The molecular weight excluding hydrogens is 412 g/mol. The smallest absolute Gasteiger partial charge is 0.227 e. The number of nitrogens with one attached hydrogen (secondary N) is 1. The van der Waals surface area contributed by atoms with Gasteiger partial charge in [0, 0.05) is 42.5 Å². The van der Waals surface area contributed by atoms with Crippen molar-refractivity contribution < 1.29 is 9.53 Å². The number of piperidine rings is 1. The standard InChI is InChI=1S/C27H32N4O2/c1-3-6-26-28-17-20(18-29-26)19-31-13-11-21(12-14-31)27(32)30-24-9-4-7-22(15-24)23-8-5-10-25(16-23)33-2/h4-5,7-10,15-18,21H,3,6,11-14,19H2,1-2H3,(H,30,32). The Morgan fingerprint density at radius 3 is 2.45 bits per heavy atom. The minimum atomic E-state index is 0.0323. The van der Waals surface area contributed by atoms with Crippen LogP contribution in [0.15, 0.2) is 60.9 Å². The number of carbonyl (C=O) groups is 1. The van der Waals surface area contributed by atoms with Gasteiger partial charge in [0.1, 0.15) is 11.6 Å². The Morgan fingerprint density at radius 2 is 1.76 bits per heavy atom. The molecule has 1 aliphatic heterocycles. The van der Waals surface area contributed by atoms with Crippen LogP contribution in [0, 0.1) is 5.92 Å². The third kappa shape index (κ3) is 6.17. The van der Waals surface area contributed by atoms with Crippen molar-refractivity contribution in [1.29, 1.82) is 0 Å². The van der Waals surface area contributed by atoms with Gasteiger partial charge in [-0.15, -0.1) is 0 Å². The van der Waals surface area contributed by atoms with E-state index in [9.17, 15) is 4.79 Å². The highest BCUT2D eigenvalue weighted by Gasteiger charge is 2.25. The molecule has 3 aromatic rings. The van der Waals surface area contributed by atoms with Crippen molar-refractivity contribution in [3.63, 3.8) is 0 Å². The number of ether oxygens (including phenoxy) is 1. The van der Waals surface area contributed by atoms with Gasteiger partial charge in [0.15, 0.2) is 0 Å². The van der Waals surface area contributed by atoms with E-state index in [4.69, 9.17) is 4.74 Å². The number of nitrogens with zero attached hydrogens (tertiary/aromatic N) is 3. The van der Waals surface area contributed by atoms with E-state index in [1.54, 1.807) is 7.11 Å². The van der Waals surface area contributed by atoms with Crippen molar-refractivity contribution in [2.75, 3.05) is 25.5 Å². The van der Waals surface area contributed by atoms with Crippen LogP contribution in [-0.2, 0) is 17.8 Å². The molecule has 6 nitrogen and oxygen atoms in total. The number of aromatic nitrogens is 2. The van der Waals surface area contributed by atoms with Crippen molar-refractivity contribution in [3.05, 3.63) is 72.3 Å². The number of carbonyl (C=O) groups excluding carboxylic acids is 1. The maximum Gasteiger partial charge on any atom is 0.227 e. The van der Waals surface area contributed by atoms with E-state index in [1.807, 2.05) is 60.9 Å². The fourth-order valence-corrected chi connectivity index (χ4v) is 4.25. The predicted molar refractivity (Wildman–Crippen MR) is 131 cm³/mol. The number of aryl methyl sites for hydroxylation is 1. The summed E-state index contributed by atoms with van der Waals surface area (Å²) < 4.78 is 5.33. The summed E-state index contributed by atoms with van der Waals surface area (Å²) in [6.07, 6.45) is 7.56. The molecule has 1 aromatic heterocycles. The van der Waals surface area contributed by atoms with Gasteiger partial charge in [-0.1, -0.05) is 31.2 Å². The van der Waals surface area contributed by atoms with Crippen molar-refractivity contribution in [2.24, 2.45) is 5.92 Å². The lowest BCUT2D eigenvalue weighted by Crippen LogP contribution is -2.37. The van der Waals surface area contributed by atoms with E-state index >= 15 is 0 Å². The van der Waals surface area contributed by atoms with Crippen LogP contribution in [-0.4, -0.2) is 41.0 Å². The summed E-state index contributed by atoms with van der Waals surface area (Å²) in [4.78, 5) is 24.2. The molecule has 2 heterocycles. The first-order valence-corrected chi connectivity index (χ1v) is 11.7. The quantitative estimate of drug-likeness (QED) is 0.532. The molecule has 4 rings (SSSR count). The van der Waals surface area contributed by atoms with Crippen molar-refractivity contribution in [2.45, 2.75) is 39.2 Å². The van der Waals surface area contributed by atoms with Gasteiger partial charge in [-0.2, -0.15) is 0 Å². The zero-order valence-electron chi connectivity index (χ0n) is 19.5. The fraction of sp³-hybridized carbons (Fsp3) is 0.370. The van der Waals surface area contributed by atoms with E-state index in [0.717, 1.165) is 79.3 Å². The third-order valence-corrected chi connectivity index (χ3v) is 6.13. The second-order valence-corrected chi connectivity index (χ2v) is 8.61. The highest BCUT2D eigenvalue weighted by Crippen LogP contribution is 2.27. The Bertz CT molecular complexity index is 1060. The Morgan fingerprint density at radius 1 is 1.06 bits per heavy atom. The second kappa shape index (κ2) is 11.1. The van der Waals surface area contributed by atoms with Gasteiger partial charge < -0.3 is 10.1 Å². The summed E-state index contributed by atoms with van der Waals surface area (Å²) in [6, 6.07) is 15.9. The summed E-state index contributed by atoms with van der Waals surface area (Å²) in [6.45, 7) is 4.77. The van der Waals surface area contributed by atoms with Gasteiger partial charge in [-0.3, -0.25) is 9.69 Å². The zero-order chi connectivity index (χ0) is 23.0. The van der Waals surface area contributed by atoms with E-state index < -0.39 is 0 Å². The molecule has 0 spiro atoms. The molecule has 0 saturated carbocycles. The highest BCUT2D eigenvalue weighted by molar-refractivity contribution is 5.93. The number of benzene rings is 2. The maximum absolute atomic E-state index is 12.9. The molecule has 0 radical (unpaired) electrons. The monoisotopic (exact) mass is 444 g/mol. The number of hydrogen-bond donors (Lipinski definition) is 1. The molecule has 0 unspecified atom stereocenters. The van der Waals surface area contributed by atoms with Gasteiger partial charge in [-0.25, -0.2) is 9.97 Å². The van der Waals surface area contributed by atoms with Crippen LogP contribution < -0.4 is 10.1 Å². The van der Waals surface area contributed by atoms with E-state index in [1.165, 1.54) is 0 Å². The average Bonchev–Trinajstić information content (AvgIpc) is 2.86. The first-order chi connectivity index (χ1) is 16.1. The minimum Gasteiger partial charge on any atom is -0.497 e. The van der Waals surface area contributed by atoms with Crippen LogP contribution in [0.2, 0.25) is 0 Å². The summed E-state index contributed by atoms with van der Waals surface area (Å²) in [7, 11) is 1.66. The number of likely N-dealkylation sites (tertiary alicyclic amines) is 1. The first-order valence-electron chi connectivity index (χ1n) is 11.7. The van der Waals surface area contributed by atoms with Crippen molar-refractivity contribution in [1.82, 2.24) is 14.9 Å². The SMILES string of the molecule is CCCc1ncc(CN2CCC(C(=O)Nc3cccc(-c4cccc(OC)c4)c3)CC2)cn1. The molecule has 0 atom stereocenters. The number of anilines is 1. The fourth-order valence-electron chi connectivity index (χ4n) is 4.25. The van der Waals surface area contributed by atoms with E-state index in [-0.39, 0.29) is 11.8 Å². The average molecular weight is 445 g/mol. The third-order valence-electron chi connectivity index (χ3n) is 6.13. The Kier molecular flexibility index (Phi) is 7.68. The molecule has 1 N–H and O–H groups in total. The van der Waals surface area contributed by atoms with Crippen LogP contribution in [0.3, 0.4) is 0 Å². The molecule has 1 saturated heterocycles. The Labute approximate surface area is 196 Å². The Hall–Kier alpha value is -3.25. The zero-order valence-corrected chi connectivity index (χ0v) is 19.5. The lowest BCUT2D eigenvalue weighted by atomic mass is 9.95. The van der Waals surface area contributed by atoms with Crippen LogP contribution >= 0.6 is 0 Å². The topological polar surface area (TPSA) is 67.4 Å². The molecule has 1 aliphatic rings. The number of methoxy groups -OCH3 is 1. The molecule has 1 fully saturated rings. The van der Waals surface area contributed by atoms with Gasteiger partial charge in [-0.05, 0) is 67.7 Å². The largest absolute Gasteiger partial charge is 0.497 e. The molecule has 33 heavy (non-hydrogen) atoms. The molecule has 172 valence electrons. The van der Waals surface area contributed by atoms with Gasteiger partial charge in [0.05, 0.1) is 7.11 Å². The van der Waals surface area contributed by atoms with Gasteiger partial charge in [0.2, 0.25) is 5.91 Å². The predicted octanol–water partition coefficient (Wildman–Crippen LogP) is 4.96. The molecule has 1 amide bonds. The Balaban J connectivity index is 1.30. The molecule has 2 aromatic carbocycles. The first kappa shape index (κ1) is 22.9. The minimum absolute atomic E-state index is 0.0323. The summed E-state index contributed by atoms with van der Waals surface area (Å²) in [5.41, 5.74) is 4.07. The van der Waals surface area contributed by atoms with Crippen molar-refractivity contribution >= 4 is 11.6 Å². The number of hydrogen-bond acceptors (Lipinski definition) is 5. The van der Waals surface area contributed by atoms with Crippen LogP contribution in [0.25, 0.3) is 11.1 Å². The second-order valence-electron chi connectivity index (χ2n) is 8.61. The lowest BCUT2D eigenvalue weighted by Gasteiger charge is -2.31. The summed E-state index contributed by atoms with van der Waals surface area (Å²) in [5.74, 6) is 1.86. The van der Waals surface area contributed by atoms with Gasteiger partial charge >= 0.3 is 0 Å². The van der Waals surface area contributed by atoms with E-state index in [2.05, 4.69) is 27.1 Å². The van der Waals surface area contributed by atoms with Crippen molar-refractivity contribution in [3.8, 4) is 16.9 Å². The van der Waals surface area contributed by atoms with E-state index in [0.29, 0.717) is 0 Å². The molecule has 0 bridgehead atoms. The molecule has 6 heteroatoms. The summed E-state index contributed by atoms with van der Waals surface area (Å²) >= 11 is 0. The normalized spacial score (nSPS) is 14.7. The molecule has 0 aliphatic carbocycles. The number of rotatable bonds is 8. The maximum atomic E-state index is 12.9. The van der Waals surface area contributed by atoms with Crippen LogP contribution in [0.4, 0.5) is 5.69 Å². The highest BCUT2D eigenvalue weighted by atomic mass is 16.5. The lowest BCUT2D eigenvalue weighted by molar-refractivity contribution is -0.121. The molecular formula is C27H32N4O2. The van der Waals surface area contributed by atoms with Crippen LogP contribution in [0.5, 0.6) is 5.75 Å².